The van der Waals surface area contributed by atoms with Crippen LogP contribution in [0.1, 0.15) is 29.2 Å². The number of anilines is 1. The van der Waals surface area contributed by atoms with Crippen LogP contribution in [-0.2, 0) is 17.8 Å². The summed E-state index contributed by atoms with van der Waals surface area (Å²) in [7, 11) is 0. The molecule has 0 radical (unpaired) electrons. The Hall–Kier alpha value is -3.87. The van der Waals surface area contributed by atoms with Crippen molar-refractivity contribution >= 4 is 17.6 Å². The summed E-state index contributed by atoms with van der Waals surface area (Å²) >= 11 is 0. The maximum Gasteiger partial charge on any atom is 0.318 e. The number of rotatable bonds is 5. The highest BCUT2D eigenvalue weighted by Crippen LogP contribution is 2.34. The number of urea groups is 1. The number of hydrogen-bond donors (Lipinski definition) is 2. The van der Waals surface area contributed by atoms with Crippen LogP contribution in [0.4, 0.5) is 10.5 Å². The van der Waals surface area contributed by atoms with E-state index in [9.17, 15) is 14.4 Å². The summed E-state index contributed by atoms with van der Waals surface area (Å²) in [5, 5.41) is 5.94. The van der Waals surface area contributed by atoms with E-state index in [1.165, 1.54) is 0 Å². The molecule has 3 aromatic rings. The summed E-state index contributed by atoms with van der Waals surface area (Å²) in [6.07, 6.45) is 1.36. The van der Waals surface area contributed by atoms with Crippen LogP contribution in [0.3, 0.4) is 0 Å². The zero-order chi connectivity index (χ0) is 24.4. The Kier molecular flexibility index (Phi) is 6.40. The molecule has 2 aliphatic rings. The molecular formula is C28H30N4O3. The second-order valence-electron chi connectivity index (χ2n) is 9.65. The van der Waals surface area contributed by atoms with Crippen LogP contribution in [0.15, 0.2) is 77.6 Å². The maximum absolute atomic E-state index is 13.4. The van der Waals surface area contributed by atoms with Gasteiger partial charge in [-0.1, -0.05) is 54.1 Å². The van der Waals surface area contributed by atoms with E-state index in [1.54, 1.807) is 17.0 Å². The van der Waals surface area contributed by atoms with Gasteiger partial charge >= 0.3 is 6.03 Å². The molecule has 0 unspecified atom stereocenters. The molecule has 3 atom stereocenters. The van der Waals surface area contributed by atoms with E-state index >= 15 is 0 Å². The smallest absolute Gasteiger partial charge is 0.318 e. The quantitative estimate of drug-likeness (QED) is 0.598. The topological polar surface area (TPSA) is 83.4 Å². The molecule has 7 nitrogen and oxygen atoms in total. The number of carbonyl (C=O) groups is 2. The van der Waals surface area contributed by atoms with E-state index < -0.39 is 6.04 Å². The van der Waals surface area contributed by atoms with E-state index in [-0.39, 0.29) is 29.3 Å². The van der Waals surface area contributed by atoms with Gasteiger partial charge in [0.25, 0.3) is 5.56 Å². The summed E-state index contributed by atoms with van der Waals surface area (Å²) < 4.78 is 1.85. The van der Waals surface area contributed by atoms with Crippen LogP contribution in [0.25, 0.3) is 0 Å². The number of aromatic nitrogens is 1. The molecule has 5 rings (SSSR count). The van der Waals surface area contributed by atoms with Crippen molar-refractivity contribution in [2.45, 2.75) is 38.3 Å². The van der Waals surface area contributed by atoms with Gasteiger partial charge in [-0.25, -0.2) is 4.79 Å². The summed E-state index contributed by atoms with van der Waals surface area (Å²) in [6, 6.07) is 21.7. The van der Waals surface area contributed by atoms with Crippen molar-refractivity contribution in [1.82, 2.24) is 14.8 Å². The number of nitrogens with zero attached hydrogens (tertiary/aromatic N) is 2. The largest absolute Gasteiger partial charge is 0.326 e. The zero-order valence-corrected chi connectivity index (χ0v) is 19.8. The van der Waals surface area contributed by atoms with Gasteiger partial charge in [0.2, 0.25) is 5.91 Å². The summed E-state index contributed by atoms with van der Waals surface area (Å²) in [5.74, 6) is 0.0947. The molecule has 35 heavy (non-hydrogen) atoms. The average Bonchev–Trinajstić information content (AvgIpc) is 2.86. The predicted molar refractivity (Wildman–Crippen MR) is 135 cm³/mol. The molecule has 2 bridgehead atoms. The lowest BCUT2D eigenvalue weighted by molar-refractivity contribution is -0.118. The maximum atomic E-state index is 13.4. The number of benzene rings is 2. The molecule has 180 valence electrons. The number of amides is 3. The fourth-order valence-corrected chi connectivity index (χ4v) is 5.23. The number of likely N-dealkylation sites (tertiary alicyclic amines) is 1. The highest BCUT2D eigenvalue weighted by Gasteiger charge is 2.37. The minimum Gasteiger partial charge on any atom is -0.326 e. The molecule has 2 N–H and O–H groups in total. The molecule has 3 amide bonds. The van der Waals surface area contributed by atoms with Crippen molar-refractivity contribution in [3.8, 4) is 0 Å². The molecule has 1 saturated heterocycles. The van der Waals surface area contributed by atoms with Crippen LogP contribution < -0.4 is 16.2 Å². The summed E-state index contributed by atoms with van der Waals surface area (Å²) in [6.45, 7) is 3.72. The fraction of sp³-hybridized carbons (Fsp3) is 0.321. The zero-order valence-electron chi connectivity index (χ0n) is 19.8. The normalized spacial score (nSPS) is 19.4. The van der Waals surface area contributed by atoms with Gasteiger partial charge in [-0.2, -0.15) is 0 Å². The van der Waals surface area contributed by atoms with Crippen LogP contribution >= 0.6 is 0 Å². The van der Waals surface area contributed by atoms with Crippen molar-refractivity contribution in [2.24, 2.45) is 5.92 Å². The van der Waals surface area contributed by atoms with Crippen molar-refractivity contribution in [2.75, 3.05) is 18.4 Å². The molecule has 0 aliphatic carbocycles. The number of carbonyl (C=O) groups excluding carboxylic acids is 2. The number of hydrogen-bond acceptors (Lipinski definition) is 3. The highest BCUT2D eigenvalue weighted by molar-refractivity contribution is 5.97. The van der Waals surface area contributed by atoms with Crippen LogP contribution in [-0.4, -0.2) is 40.5 Å². The third-order valence-electron chi connectivity index (χ3n) is 6.98. The molecule has 3 heterocycles. The molecule has 0 spiro atoms. The van der Waals surface area contributed by atoms with Crippen LogP contribution in [0.5, 0.6) is 0 Å². The minimum absolute atomic E-state index is 0.0193. The van der Waals surface area contributed by atoms with E-state index in [1.807, 2.05) is 72.2 Å². The molecule has 1 aromatic heterocycles. The Labute approximate surface area is 204 Å². The first-order valence-corrected chi connectivity index (χ1v) is 12.1. The van der Waals surface area contributed by atoms with Crippen molar-refractivity contribution in [1.29, 1.82) is 0 Å². The van der Waals surface area contributed by atoms with Gasteiger partial charge in [-0.15, -0.1) is 0 Å². The Morgan fingerprint density at radius 2 is 1.71 bits per heavy atom. The average molecular weight is 471 g/mol. The molecule has 2 aliphatic heterocycles. The monoisotopic (exact) mass is 470 g/mol. The van der Waals surface area contributed by atoms with E-state index in [0.29, 0.717) is 31.7 Å². The van der Waals surface area contributed by atoms with Gasteiger partial charge in [0, 0.05) is 49.4 Å². The number of pyridine rings is 1. The highest BCUT2D eigenvalue weighted by atomic mass is 16.2. The minimum atomic E-state index is -0.720. The van der Waals surface area contributed by atoms with E-state index in [2.05, 4.69) is 10.6 Å². The van der Waals surface area contributed by atoms with Gasteiger partial charge < -0.3 is 20.1 Å². The Morgan fingerprint density at radius 3 is 2.49 bits per heavy atom. The van der Waals surface area contributed by atoms with Gasteiger partial charge in [-0.3, -0.25) is 9.59 Å². The summed E-state index contributed by atoms with van der Waals surface area (Å²) in [5.41, 5.74) is 3.79. The van der Waals surface area contributed by atoms with Gasteiger partial charge in [0.05, 0.1) is 0 Å². The molecule has 2 aromatic carbocycles. The van der Waals surface area contributed by atoms with Gasteiger partial charge in [-0.05, 0) is 43.0 Å². The lowest BCUT2D eigenvalue weighted by Gasteiger charge is -2.43. The number of fused-ring (bicyclic) bond motifs is 4. The first-order chi connectivity index (χ1) is 17.0. The van der Waals surface area contributed by atoms with Gasteiger partial charge in [0.15, 0.2) is 0 Å². The first-order valence-electron chi connectivity index (χ1n) is 12.1. The summed E-state index contributed by atoms with van der Waals surface area (Å²) in [4.78, 5) is 40.7. The molecule has 1 fully saturated rings. The van der Waals surface area contributed by atoms with Crippen molar-refractivity contribution in [3.05, 3.63) is 100.0 Å². The van der Waals surface area contributed by atoms with Crippen molar-refractivity contribution < 1.29 is 9.59 Å². The Bertz CT molecular complexity index is 1270. The Morgan fingerprint density at radius 1 is 0.943 bits per heavy atom. The SMILES string of the molecule is Cc1ccc(NC(=O)[C@H](Cc2ccccc2)NC(=O)N2C[C@H]3C[C@@H](C2)c2cccc(=O)n2C3)cc1. The third-order valence-corrected chi connectivity index (χ3v) is 6.98. The lowest BCUT2D eigenvalue weighted by Crippen LogP contribution is -2.55. The second-order valence-corrected chi connectivity index (χ2v) is 9.65. The number of piperidine rings is 1. The van der Waals surface area contributed by atoms with Gasteiger partial charge in [0.1, 0.15) is 6.04 Å². The second kappa shape index (κ2) is 9.78. The third kappa shape index (κ3) is 5.14. The van der Waals surface area contributed by atoms with E-state index in [0.717, 1.165) is 23.2 Å². The number of nitrogens with one attached hydrogen (secondary N) is 2. The predicted octanol–water partition coefficient (Wildman–Crippen LogP) is 3.54. The first kappa shape index (κ1) is 22.9. The molecule has 0 saturated carbocycles. The standard InChI is InChI=1S/C28H30N4O3/c1-19-10-12-23(13-11-19)29-27(34)24(15-20-6-3-2-4-7-20)30-28(35)31-16-21-14-22(18-31)25-8-5-9-26(33)32(25)17-21/h2-13,21-22,24H,14-18H2,1H3,(H,29,34)(H,30,35)/t21-,22+,24+/m1/s1. The Balaban J connectivity index is 1.32. The number of aryl methyl sites for hydroxylation is 1. The lowest BCUT2D eigenvalue weighted by atomic mass is 9.83. The van der Waals surface area contributed by atoms with Crippen LogP contribution in [0, 0.1) is 12.8 Å². The van der Waals surface area contributed by atoms with Crippen molar-refractivity contribution in [3.63, 3.8) is 0 Å². The van der Waals surface area contributed by atoms with E-state index in [4.69, 9.17) is 0 Å². The fourth-order valence-electron chi connectivity index (χ4n) is 5.23. The van der Waals surface area contributed by atoms with Crippen LogP contribution in [0.2, 0.25) is 0 Å². The molecule has 7 heteroatoms. The molecular weight excluding hydrogens is 440 g/mol.